The van der Waals surface area contributed by atoms with Crippen LogP contribution in [0.4, 0.5) is 0 Å². The van der Waals surface area contributed by atoms with Crippen molar-refractivity contribution in [3.05, 3.63) is 0 Å². The molecule has 8 bridgehead atoms. The van der Waals surface area contributed by atoms with Crippen LogP contribution in [0.2, 0.25) is 0 Å². The first-order chi connectivity index (χ1) is 10.7. The molecule has 8 rings (SSSR count). The van der Waals surface area contributed by atoms with E-state index >= 15 is 0 Å². The molecule has 0 amide bonds. The fourth-order valence-corrected chi connectivity index (χ4v) is 8.79. The molecule has 0 aliphatic heterocycles. The van der Waals surface area contributed by atoms with Crippen molar-refractivity contribution < 1.29 is 0 Å². The quantitative estimate of drug-likeness (QED) is 0.744. The molecule has 0 aromatic carbocycles. The zero-order valence-corrected chi connectivity index (χ0v) is 15.2. The van der Waals surface area contributed by atoms with Crippen molar-refractivity contribution in [1.82, 2.24) is 10.9 Å². The number of hydrogen-bond donors (Lipinski definition) is 2. The van der Waals surface area contributed by atoms with Crippen LogP contribution in [0.5, 0.6) is 0 Å². The molecule has 130 valence electrons. The Balaban J connectivity index is 0.00000121. The van der Waals surface area contributed by atoms with E-state index in [2.05, 4.69) is 10.9 Å². The molecular weight excluding hydrogens is 304 g/mol. The molecule has 8 saturated carbocycles. The topological polar surface area (TPSA) is 24.1 Å². The number of nitrogens with one attached hydrogen (secondary N) is 2. The maximum atomic E-state index is 4.03. The Morgan fingerprint density at radius 3 is 0.870 bits per heavy atom. The first kappa shape index (κ1) is 15.5. The van der Waals surface area contributed by atoms with Crippen LogP contribution in [0.1, 0.15) is 77.0 Å². The first-order valence-corrected chi connectivity index (χ1v) is 10.2. The summed E-state index contributed by atoms with van der Waals surface area (Å²) in [6.45, 7) is 0. The largest absolute Gasteiger partial charge is 0.251 e. The Morgan fingerprint density at radius 2 is 0.652 bits per heavy atom. The fourth-order valence-electron chi connectivity index (χ4n) is 8.79. The lowest BCUT2D eigenvalue weighted by molar-refractivity contribution is -0.0645. The predicted molar refractivity (Wildman–Crippen MR) is 95.3 cm³/mol. The number of rotatable bonds is 3. The molecular formula is C20H33ClN2. The summed E-state index contributed by atoms with van der Waals surface area (Å²) >= 11 is 0. The smallest absolute Gasteiger partial charge is 0.0331 e. The Morgan fingerprint density at radius 1 is 0.435 bits per heavy atom. The molecule has 8 aliphatic rings. The second-order valence-electron chi connectivity index (χ2n) is 10.6. The van der Waals surface area contributed by atoms with Crippen LogP contribution in [0.3, 0.4) is 0 Å². The van der Waals surface area contributed by atoms with Gasteiger partial charge in [0.15, 0.2) is 0 Å². The van der Waals surface area contributed by atoms with Gasteiger partial charge in [0.2, 0.25) is 0 Å². The van der Waals surface area contributed by atoms with Crippen LogP contribution in [0.25, 0.3) is 0 Å². The molecule has 2 N–H and O–H groups in total. The molecule has 8 aliphatic carbocycles. The number of hydrazine groups is 1. The molecule has 2 nitrogen and oxygen atoms in total. The fraction of sp³-hybridized carbons (Fsp3) is 1.00. The minimum absolute atomic E-state index is 0. The molecule has 0 aromatic rings. The van der Waals surface area contributed by atoms with Crippen molar-refractivity contribution >= 4 is 12.4 Å². The van der Waals surface area contributed by atoms with Gasteiger partial charge in [-0.05, 0) is 113 Å². The van der Waals surface area contributed by atoms with Crippen LogP contribution < -0.4 is 10.9 Å². The van der Waals surface area contributed by atoms with Crippen molar-refractivity contribution in [2.75, 3.05) is 0 Å². The SMILES string of the molecule is C1C2CC3CC1CC(NNC14CC5CC(CC(C5)C1)C4)(C2)C3.Cl. The Hall–Kier alpha value is 0.210. The van der Waals surface area contributed by atoms with Gasteiger partial charge in [0.05, 0.1) is 0 Å². The third-order valence-electron chi connectivity index (χ3n) is 8.67. The van der Waals surface area contributed by atoms with Gasteiger partial charge in [0, 0.05) is 11.1 Å². The van der Waals surface area contributed by atoms with E-state index in [0.29, 0.717) is 11.1 Å². The lowest BCUT2D eigenvalue weighted by atomic mass is 9.52. The normalized spacial score (nSPS) is 58.4. The van der Waals surface area contributed by atoms with Gasteiger partial charge in [-0.1, -0.05) is 0 Å². The average molecular weight is 337 g/mol. The monoisotopic (exact) mass is 336 g/mol. The molecule has 8 fully saturated rings. The van der Waals surface area contributed by atoms with E-state index < -0.39 is 0 Å². The van der Waals surface area contributed by atoms with Crippen molar-refractivity contribution in [1.29, 1.82) is 0 Å². The summed E-state index contributed by atoms with van der Waals surface area (Å²) in [6, 6.07) is 0. The summed E-state index contributed by atoms with van der Waals surface area (Å²) in [5, 5.41) is 0. The third kappa shape index (κ3) is 2.42. The molecule has 0 radical (unpaired) electrons. The van der Waals surface area contributed by atoms with E-state index in [0.717, 1.165) is 35.5 Å². The Labute approximate surface area is 147 Å². The average Bonchev–Trinajstić information content (AvgIpc) is 2.42. The van der Waals surface area contributed by atoms with E-state index in [1.165, 1.54) is 38.5 Å². The molecule has 0 spiro atoms. The minimum Gasteiger partial charge on any atom is -0.251 e. The molecule has 23 heavy (non-hydrogen) atoms. The summed E-state index contributed by atoms with van der Waals surface area (Å²) in [5.41, 5.74) is 9.04. The standard InChI is InChI=1S/C20H32N2.ClH/c1-13-2-15-3-14(1)8-19(7-13,9-15)21-22-20-10-16-4-17(11-20)6-18(5-16)12-20;/h13-18,21-22H,1-12H2;1H. The maximum absolute atomic E-state index is 4.03. The Bertz CT molecular complexity index is 373. The zero-order chi connectivity index (χ0) is 14.4. The van der Waals surface area contributed by atoms with Gasteiger partial charge in [-0.2, -0.15) is 0 Å². The highest BCUT2D eigenvalue weighted by atomic mass is 35.5. The van der Waals surface area contributed by atoms with E-state index in [9.17, 15) is 0 Å². The molecule has 0 saturated heterocycles. The third-order valence-corrected chi connectivity index (χ3v) is 8.67. The van der Waals surface area contributed by atoms with E-state index in [1.807, 2.05) is 0 Å². The van der Waals surface area contributed by atoms with Crippen molar-refractivity contribution in [2.45, 2.75) is 88.1 Å². The van der Waals surface area contributed by atoms with Gasteiger partial charge in [-0.3, -0.25) is 10.9 Å². The summed E-state index contributed by atoms with van der Waals surface area (Å²) in [5.74, 6) is 6.32. The van der Waals surface area contributed by atoms with Gasteiger partial charge in [0.25, 0.3) is 0 Å². The van der Waals surface area contributed by atoms with Crippen molar-refractivity contribution in [3.63, 3.8) is 0 Å². The van der Waals surface area contributed by atoms with Crippen LogP contribution in [-0.2, 0) is 0 Å². The van der Waals surface area contributed by atoms with Gasteiger partial charge in [-0.25, -0.2) is 0 Å². The van der Waals surface area contributed by atoms with Crippen LogP contribution in [0.15, 0.2) is 0 Å². The van der Waals surface area contributed by atoms with Gasteiger partial charge >= 0.3 is 0 Å². The summed E-state index contributed by atoms with van der Waals surface area (Å²) in [7, 11) is 0. The molecule has 0 unspecified atom stereocenters. The summed E-state index contributed by atoms with van der Waals surface area (Å²) < 4.78 is 0. The summed E-state index contributed by atoms with van der Waals surface area (Å²) in [6.07, 6.45) is 18.1. The zero-order valence-electron chi connectivity index (χ0n) is 14.4. The second kappa shape index (κ2) is 5.11. The molecule has 3 heteroatoms. The number of hydrogen-bond acceptors (Lipinski definition) is 2. The van der Waals surface area contributed by atoms with Crippen LogP contribution in [-0.4, -0.2) is 11.1 Å². The van der Waals surface area contributed by atoms with Gasteiger partial charge in [0.1, 0.15) is 0 Å². The van der Waals surface area contributed by atoms with Gasteiger partial charge in [-0.15, -0.1) is 12.4 Å². The number of halogens is 1. The lowest BCUT2D eigenvalue weighted by Crippen LogP contribution is -2.69. The highest BCUT2D eigenvalue weighted by Gasteiger charge is 2.54. The first-order valence-electron chi connectivity index (χ1n) is 10.2. The molecule has 0 aromatic heterocycles. The Kier molecular flexibility index (Phi) is 3.44. The van der Waals surface area contributed by atoms with Crippen molar-refractivity contribution in [3.8, 4) is 0 Å². The minimum atomic E-state index is 0. The summed E-state index contributed by atoms with van der Waals surface area (Å²) in [4.78, 5) is 0. The van der Waals surface area contributed by atoms with E-state index in [-0.39, 0.29) is 12.4 Å². The van der Waals surface area contributed by atoms with E-state index in [1.54, 1.807) is 38.5 Å². The molecule has 0 atom stereocenters. The van der Waals surface area contributed by atoms with Crippen LogP contribution >= 0.6 is 12.4 Å². The van der Waals surface area contributed by atoms with Gasteiger partial charge < -0.3 is 0 Å². The maximum Gasteiger partial charge on any atom is 0.0331 e. The lowest BCUT2D eigenvalue weighted by Gasteiger charge is -2.60. The predicted octanol–water partition coefficient (Wildman–Crippen LogP) is 4.44. The van der Waals surface area contributed by atoms with E-state index in [4.69, 9.17) is 0 Å². The van der Waals surface area contributed by atoms with Crippen molar-refractivity contribution in [2.24, 2.45) is 35.5 Å². The highest BCUT2D eigenvalue weighted by molar-refractivity contribution is 5.85. The highest BCUT2D eigenvalue weighted by Crippen LogP contribution is 2.57. The molecule has 0 heterocycles. The second-order valence-corrected chi connectivity index (χ2v) is 10.6. The van der Waals surface area contributed by atoms with Crippen LogP contribution in [0, 0.1) is 35.5 Å².